The van der Waals surface area contributed by atoms with E-state index < -0.39 is 0 Å². The predicted octanol–water partition coefficient (Wildman–Crippen LogP) is 4.74. The van der Waals surface area contributed by atoms with Gasteiger partial charge in [-0.2, -0.15) is 0 Å². The Morgan fingerprint density at radius 2 is 1.96 bits per heavy atom. The van der Waals surface area contributed by atoms with Gasteiger partial charge in [0.05, 0.1) is 18.2 Å². The van der Waals surface area contributed by atoms with Crippen LogP contribution in [-0.4, -0.2) is 31.1 Å². The summed E-state index contributed by atoms with van der Waals surface area (Å²) in [6, 6.07) is 12.9. The van der Waals surface area contributed by atoms with Crippen LogP contribution in [-0.2, 0) is 4.79 Å². The summed E-state index contributed by atoms with van der Waals surface area (Å²) in [4.78, 5) is 14.5. The van der Waals surface area contributed by atoms with Crippen molar-refractivity contribution in [3.63, 3.8) is 0 Å². The average Bonchev–Trinajstić information content (AvgIpc) is 3.10. The molecule has 1 heterocycles. The minimum absolute atomic E-state index is 0.0476. The molecule has 0 saturated carbocycles. The van der Waals surface area contributed by atoms with Gasteiger partial charge in [0.25, 0.3) is 5.91 Å². The SMILES string of the molecule is COc1ccc(C2CCCN2C(=O)COc2ccc(Cl)cc2Cl)cc1. The van der Waals surface area contributed by atoms with Gasteiger partial charge in [-0.1, -0.05) is 35.3 Å². The molecule has 1 aliphatic heterocycles. The standard InChI is InChI=1S/C19H19Cl2NO3/c1-24-15-7-4-13(5-8-15)17-3-2-10-22(17)19(23)12-25-18-9-6-14(20)11-16(18)21/h4-9,11,17H,2-3,10,12H2,1H3. The number of hydrogen-bond acceptors (Lipinski definition) is 3. The van der Waals surface area contributed by atoms with Crippen LogP contribution in [0.5, 0.6) is 11.5 Å². The summed E-state index contributed by atoms with van der Waals surface area (Å²) in [6.45, 7) is 0.682. The zero-order valence-corrected chi connectivity index (χ0v) is 15.4. The maximum atomic E-state index is 12.6. The van der Waals surface area contributed by atoms with Crippen molar-refractivity contribution >= 4 is 29.1 Å². The Morgan fingerprint density at radius 3 is 2.64 bits per heavy atom. The van der Waals surface area contributed by atoms with E-state index in [-0.39, 0.29) is 18.6 Å². The van der Waals surface area contributed by atoms with Gasteiger partial charge >= 0.3 is 0 Å². The van der Waals surface area contributed by atoms with Crippen molar-refractivity contribution < 1.29 is 14.3 Å². The molecule has 1 atom stereocenters. The van der Waals surface area contributed by atoms with E-state index in [4.69, 9.17) is 32.7 Å². The van der Waals surface area contributed by atoms with Crippen LogP contribution in [0.25, 0.3) is 0 Å². The molecule has 1 saturated heterocycles. The molecule has 0 N–H and O–H groups in total. The summed E-state index contributed by atoms with van der Waals surface area (Å²) in [5.41, 5.74) is 1.11. The first-order valence-corrected chi connectivity index (χ1v) is 8.85. The molecule has 1 aliphatic rings. The molecule has 2 aromatic carbocycles. The second-order valence-electron chi connectivity index (χ2n) is 5.88. The molecular weight excluding hydrogens is 361 g/mol. The Labute approximate surface area is 157 Å². The lowest BCUT2D eigenvalue weighted by molar-refractivity contribution is -0.134. The number of ether oxygens (including phenoxy) is 2. The fraction of sp³-hybridized carbons (Fsp3) is 0.316. The fourth-order valence-corrected chi connectivity index (χ4v) is 3.52. The molecule has 0 bridgehead atoms. The second kappa shape index (κ2) is 7.98. The molecule has 132 valence electrons. The van der Waals surface area contributed by atoms with E-state index in [1.807, 2.05) is 29.2 Å². The molecule has 6 heteroatoms. The second-order valence-corrected chi connectivity index (χ2v) is 6.73. The van der Waals surface area contributed by atoms with Crippen molar-refractivity contribution in [1.82, 2.24) is 4.90 Å². The van der Waals surface area contributed by atoms with Crippen molar-refractivity contribution in [1.29, 1.82) is 0 Å². The molecule has 0 aliphatic carbocycles. The number of amides is 1. The molecule has 3 rings (SSSR count). The number of halogens is 2. The van der Waals surface area contributed by atoms with E-state index in [1.54, 1.807) is 25.3 Å². The minimum Gasteiger partial charge on any atom is -0.497 e. The maximum Gasteiger partial charge on any atom is 0.261 e. The third-order valence-electron chi connectivity index (χ3n) is 4.32. The molecule has 4 nitrogen and oxygen atoms in total. The van der Waals surface area contributed by atoms with Gasteiger partial charge < -0.3 is 14.4 Å². The Morgan fingerprint density at radius 1 is 1.20 bits per heavy atom. The van der Waals surface area contributed by atoms with E-state index >= 15 is 0 Å². The van der Waals surface area contributed by atoms with Crippen LogP contribution in [0.1, 0.15) is 24.4 Å². The number of hydrogen-bond donors (Lipinski definition) is 0. The molecule has 2 aromatic rings. The fourth-order valence-electron chi connectivity index (χ4n) is 3.05. The minimum atomic E-state index is -0.0515. The third kappa shape index (κ3) is 4.20. The Kier molecular flexibility index (Phi) is 5.71. The van der Waals surface area contributed by atoms with Crippen molar-refractivity contribution in [3.8, 4) is 11.5 Å². The Hall–Kier alpha value is -1.91. The summed E-state index contributed by atoms with van der Waals surface area (Å²) in [5, 5.41) is 0.927. The molecule has 0 aromatic heterocycles. The third-order valence-corrected chi connectivity index (χ3v) is 4.85. The van der Waals surface area contributed by atoms with E-state index in [2.05, 4.69) is 0 Å². The predicted molar refractivity (Wildman–Crippen MR) is 98.6 cm³/mol. The topological polar surface area (TPSA) is 38.8 Å². The quantitative estimate of drug-likeness (QED) is 0.752. The van der Waals surface area contributed by atoms with Gasteiger partial charge in [0.15, 0.2) is 6.61 Å². The normalized spacial score (nSPS) is 16.8. The number of carbonyl (C=O) groups excluding carboxylic acids is 1. The summed E-state index contributed by atoms with van der Waals surface area (Å²) in [5.74, 6) is 1.21. The van der Waals surface area contributed by atoms with E-state index in [1.165, 1.54) is 0 Å². The Bertz CT molecular complexity index is 749. The summed E-state index contributed by atoms with van der Waals surface area (Å²) < 4.78 is 10.8. The number of methoxy groups -OCH3 is 1. The smallest absolute Gasteiger partial charge is 0.261 e. The van der Waals surface area contributed by atoms with Gasteiger partial charge in [0.1, 0.15) is 11.5 Å². The molecule has 25 heavy (non-hydrogen) atoms. The van der Waals surface area contributed by atoms with Gasteiger partial charge in [-0.25, -0.2) is 0 Å². The van der Waals surface area contributed by atoms with Crippen LogP contribution in [0.15, 0.2) is 42.5 Å². The molecule has 0 spiro atoms. The van der Waals surface area contributed by atoms with Crippen molar-refractivity contribution in [2.24, 2.45) is 0 Å². The number of nitrogens with zero attached hydrogens (tertiary/aromatic N) is 1. The maximum absolute atomic E-state index is 12.6. The molecular formula is C19H19Cl2NO3. The average molecular weight is 380 g/mol. The summed E-state index contributed by atoms with van der Waals surface area (Å²) in [6.07, 6.45) is 1.92. The first kappa shape index (κ1) is 17.9. The van der Waals surface area contributed by atoms with Crippen LogP contribution >= 0.6 is 23.2 Å². The largest absolute Gasteiger partial charge is 0.497 e. The lowest BCUT2D eigenvalue weighted by Gasteiger charge is -2.25. The first-order chi connectivity index (χ1) is 12.1. The monoisotopic (exact) mass is 379 g/mol. The van der Waals surface area contributed by atoms with E-state index in [0.717, 1.165) is 30.7 Å². The van der Waals surface area contributed by atoms with Gasteiger partial charge in [0, 0.05) is 11.6 Å². The van der Waals surface area contributed by atoms with Crippen molar-refractivity contribution in [2.75, 3.05) is 20.3 Å². The number of carbonyl (C=O) groups is 1. The number of likely N-dealkylation sites (tertiary alicyclic amines) is 1. The van der Waals surface area contributed by atoms with Crippen LogP contribution in [0.2, 0.25) is 10.0 Å². The van der Waals surface area contributed by atoms with E-state index in [9.17, 15) is 4.79 Å². The number of benzene rings is 2. The summed E-state index contributed by atoms with van der Waals surface area (Å²) in [7, 11) is 1.64. The Balaban J connectivity index is 1.65. The first-order valence-electron chi connectivity index (χ1n) is 8.10. The van der Waals surface area contributed by atoms with Crippen LogP contribution in [0.4, 0.5) is 0 Å². The highest BCUT2D eigenvalue weighted by atomic mass is 35.5. The highest BCUT2D eigenvalue weighted by Gasteiger charge is 2.30. The van der Waals surface area contributed by atoms with Gasteiger partial charge in [0.2, 0.25) is 0 Å². The number of rotatable bonds is 5. The zero-order valence-electron chi connectivity index (χ0n) is 13.9. The highest BCUT2D eigenvalue weighted by Crippen LogP contribution is 2.33. The van der Waals surface area contributed by atoms with Gasteiger partial charge in [-0.3, -0.25) is 4.79 Å². The van der Waals surface area contributed by atoms with E-state index in [0.29, 0.717) is 15.8 Å². The molecule has 0 radical (unpaired) electrons. The zero-order chi connectivity index (χ0) is 17.8. The molecule has 1 fully saturated rings. The highest BCUT2D eigenvalue weighted by molar-refractivity contribution is 6.35. The molecule has 1 unspecified atom stereocenters. The summed E-state index contributed by atoms with van der Waals surface area (Å²) >= 11 is 11.9. The van der Waals surface area contributed by atoms with Crippen molar-refractivity contribution in [3.05, 3.63) is 58.1 Å². The lowest BCUT2D eigenvalue weighted by atomic mass is 10.0. The van der Waals surface area contributed by atoms with Crippen molar-refractivity contribution in [2.45, 2.75) is 18.9 Å². The van der Waals surface area contributed by atoms with Crippen LogP contribution < -0.4 is 9.47 Å². The van der Waals surface area contributed by atoms with Gasteiger partial charge in [-0.05, 0) is 48.7 Å². The lowest BCUT2D eigenvalue weighted by Crippen LogP contribution is -2.34. The van der Waals surface area contributed by atoms with Crippen LogP contribution in [0, 0.1) is 0 Å². The molecule has 1 amide bonds. The van der Waals surface area contributed by atoms with Gasteiger partial charge in [-0.15, -0.1) is 0 Å². The van der Waals surface area contributed by atoms with Crippen LogP contribution in [0.3, 0.4) is 0 Å².